The Morgan fingerprint density at radius 1 is 1.13 bits per heavy atom. The molecule has 0 aromatic heterocycles. The molecule has 3 aliphatic rings. The zero-order valence-corrected chi connectivity index (χ0v) is 20.2. The van der Waals surface area contributed by atoms with E-state index in [0.29, 0.717) is 17.8 Å². The molecule has 0 radical (unpaired) electrons. The first kappa shape index (κ1) is 23.8. The number of aliphatic hydroxyl groups excluding tert-OH is 2. The molecule has 3 saturated carbocycles. The van der Waals surface area contributed by atoms with Crippen LogP contribution in [0, 0.1) is 35.0 Å². The predicted octanol–water partition coefficient (Wildman–Crippen LogP) is 6.84. The quantitative estimate of drug-likeness (QED) is 0.500. The average molecular weight is 415 g/mol. The van der Waals surface area contributed by atoms with Crippen LogP contribution in [0.15, 0.2) is 35.5 Å². The highest BCUT2D eigenvalue weighted by Crippen LogP contribution is 2.60. The van der Waals surface area contributed by atoms with Crippen LogP contribution in [0.4, 0.5) is 0 Å². The van der Waals surface area contributed by atoms with Gasteiger partial charge in [-0.05, 0) is 78.8 Å². The third kappa shape index (κ3) is 4.80. The number of rotatable bonds is 6. The van der Waals surface area contributed by atoms with E-state index in [4.69, 9.17) is 0 Å². The van der Waals surface area contributed by atoms with E-state index >= 15 is 0 Å². The van der Waals surface area contributed by atoms with Crippen LogP contribution in [-0.2, 0) is 0 Å². The van der Waals surface area contributed by atoms with Crippen molar-refractivity contribution in [2.75, 3.05) is 0 Å². The summed E-state index contributed by atoms with van der Waals surface area (Å²) >= 11 is 0. The summed E-state index contributed by atoms with van der Waals surface area (Å²) in [5.41, 5.74) is 3.87. The Hall–Kier alpha value is -0.860. The number of hydrogen-bond acceptors (Lipinski definition) is 2. The van der Waals surface area contributed by atoms with Gasteiger partial charge in [-0.1, -0.05) is 78.2 Å². The fourth-order valence-electron chi connectivity index (χ4n) is 6.91. The van der Waals surface area contributed by atoms with Gasteiger partial charge in [0.2, 0.25) is 0 Å². The molecule has 3 rings (SSSR count). The summed E-state index contributed by atoms with van der Waals surface area (Å²) in [5, 5.41) is 20.7. The van der Waals surface area contributed by atoms with Gasteiger partial charge in [0.15, 0.2) is 0 Å². The molecular formula is C28H46O2. The molecule has 2 nitrogen and oxygen atoms in total. The molecule has 0 aromatic rings. The molecule has 0 aromatic carbocycles. The van der Waals surface area contributed by atoms with Gasteiger partial charge in [-0.3, -0.25) is 0 Å². The Kier molecular flexibility index (Phi) is 7.72. The smallest absolute Gasteiger partial charge is 0.0837 e. The molecule has 170 valence electrons. The van der Waals surface area contributed by atoms with Crippen molar-refractivity contribution in [2.45, 2.75) is 105 Å². The van der Waals surface area contributed by atoms with Gasteiger partial charge in [0, 0.05) is 5.92 Å². The first-order valence-corrected chi connectivity index (χ1v) is 12.6. The van der Waals surface area contributed by atoms with Gasteiger partial charge < -0.3 is 10.2 Å². The third-order valence-electron chi connectivity index (χ3n) is 8.97. The zero-order chi connectivity index (χ0) is 22.1. The lowest BCUT2D eigenvalue weighted by Gasteiger charge is -2.44. The maximum absolute atomic E-state index is 10.4. The second kappa shape index (κ2) is 9.74. The summed E-state index contributed by atoms with van der Waals surface area (Å²) in [4.78, 5) is 0. The molecule has 3 fully saturated rings. The van der Waals surface area contributed by atoms with Crippen LogP contribution in [-0.4, -0.2) is 22.4 Å². The zero-order valence-electron chi connectivity index (χ0n) is 20.2. The molecule has 0 amide bonds. The van der Waals surface area contributed by atoms with Crippen molar-refractivity contribution in [2.24, 2.45) is 35.0 Å². The van der Waals surface area contributed by atoms with Crippen molar-refractivity contribution < 1.29 is 10.2 Å². The maximum atomic E-state index is 10.4. The molecule has 0 bridgehead atoms. The largest absolute Gasteiger partial charge is 0.392 e. The van der Waals surface area contributed by atoms with Gasteiger partial charge in [-0.25, -0.2) is 0 Å². The summed E-state index contributed by atoms with van der Waals surface area (Å²) < 4.78 is 0. The Labute approximate surface area is 185 Å². The maximum Gasteiger partial charge on any atom is 0.0837 e. The lowest BCUT2D eigenvalue weighted by molar-refractivity contribution is 0.0283. The Morgan fingerprint density at radius 2 is 1.87 bits per heavy atom. The summed E-state index contributed by atoms with van der Waals surface area (Å²) in [6.07, 6.45) is 14.7. The van der Waals surface area contributed by atoms with Crippen molar-refractivity contribution in [3.8, 4) is 0 Å². The minimum atomic E-state index is -0.627. The SMILES string of the molecule is C=C1/C(=C\C=C2/CCC[C@]3(C)[C@@H]([C@H](C)CCCC(C)C)CC[C@@H]23)C[C@@H](O)[C@@H](C)[C@@H]1O. The average Bonchev–Trinajstić information content (AvgIpc) is 3.05. The minimum absolute atomic E-state index is 0.131. The lowest BCUT2D eigenvalue weighted by atomic mass is 9.60. The van der Waals surface area contributed by atoms with Gasteiger partial charge in [0.1, 0.15) is 0 Å². The summed E-state index contributed by atoms with van der Waals surface area (Å²) in [7, 11) is 0. The number of allylic oxidation sites excluding steroid dienone is 3. The Morgan fingerprint density at radius 3 is 2.57 bits per heavy atom. The predicted molar refractivity (Wildman–Crippen MR) is 127 cm³/mol. The van der Waals surface area contributed by atoms with Crippen LogP contribution >= 0.6 is 0 Å². The highest BCUT2D eigenvalue weighted by atomic mass is 16.3. The topological polar surface area (TPSA) is 40.5 Å². The van der Waals surface area contributed by atoms with Crippen LogP contribution < -0.4 is 0 Å². The number of fused-ring (bicyclic) bond motifs is 1. The van der Waals surface area contributed by atoms with Crippen LogP contribution in [0.25, 0.3) is 0 Å². The second-order valence-electron chi connectivity index (χ2n) is 11.4. The molecule has 7 atom stereocenters. The normalized spacial score (nSPS) is 40.9. The van der Waals surface area contributed by atoms with Crippen molar-refractivity contribution in [1.82, 2.24) is 0 Å². The molecule has 2 heteroatoms. The Bertz CT molecular complexity index is 672. The highest BCUT2D eigenvalue weighted by Gasteiger charge is 2.50. The molecule has 0 spiro atoms. The third-order valence-corrected chi connectivity index (χ3v) is 8.97. The molecule has 2 N–H and O–H groups in total. The molecule has 3 aliphatic carbocycles. The molecule has 0 heterocycles. The van der Waals surface area contributed by atoms with E-state index in [9.17, 15) is 10.2 Å². The monoisotopic (exact) mass is 414 g/mol. The van der Waals surface area contributed by atoms with Gasteiger partial charge in [0.25, 0.3) is 0 Å². The van der Waals surface area contributed by atoms with Gasteiger partial charge in [-0.15, -0.1) is 0 Å². The molecular weight excluding hydrogens is 368 g/mol. The molecule has 0 aliphatic heterocycles. The van der Waals surface area contributed by atoms with E-state index in [1.54, 1.807) is 5.57 Å². The number of hydrogen-bond donors (Lipinski definition) is 2. The first-order valence-electron chi connectivity index (χ1n) is 12.6. The summed E-state index contributed by atoms with van der Waals surface area (Å²) in [6.45, 7) is 15.8. The molecule has 0 unspecified atom stereocenters. The minimum Gasteiger partial charge on any atom is -0.392 e. The molecule has 30 heavy (non-hydrogen) atoms. The van der Waals surface area contributed by atoms with E-state index in [2.05, 4.69) is 46.4 Å². The van der Waals surface area contributed by atoms with Crippen LogP contribution in [0.3, 0.4) is 0 Å². The van der Waals surface area contributed by atoms with E-state index in [1.807, 2.05) is 6.92 Å². The van der Waals surface area contributed by atoms with Crippen LogP contribution in [0.2, 0.25) is 0 Å². The fourth-order valence-corrected chi connectivity index (χ4v) is 6.91. The highest BCUT2D eigenvalue weighted by molar-refractivity contribution is 5.39. The summed E-state index contributed by atoms with van der Waals surface area (Å²) in [6, 6.07) is 0. The first-order chi connectivity index (χ1) is 14.1. The summed E-state index contributed by atoms with van der Waals surface area (Å²) in [5.74, 6) is 3.05. The van der Waals surface area contributed by atoms with Crippen molar-refractivity contribution in [3.05, 3.63) is 35.5 Å². The van der Waals surface area contributed by atoms with E-state index in [1.165, 1.54) is 51.4 Å². The van der Waals surface area contributed by atoms with E-state index in [0.717, 1.165) is 28.9 Å². The fraction of sp³-hybridized carbons (Fsp3) is 0.786. The van der Waals surface area contributed by atoms with Gasteiger partial charge >= 0.3 is 0 Å². The molecule has 0 saturated heterocycles. The second-order valence-corrected chi connectivity index (χ2v) is 11.4. The van der Waals surface area contributed by atoms with Crippen molar-refractivity contribution in [3.63, 3.8) is 0 Å². The van der Waals surface area contributed by atoms with E-state index in [-0.39, 0.29) is 5.92 Å². The number of aliphatic hydroxyl groups is 2. The van der Waals surface area contributed by atoms with Crippen LogP contribution in [0.5, 0.6) is 0 Å². The van der Waals surface area contributed by atoms with E-state index < -0.39 is 12.2 Å². The van der Waals surface area contributed by atoms with Gasteiger partial charge in [0.05, 0.1) is 12.2 Å². The van der Waals surface area contributed by atoms with Crippen molar-refractivity contribution in [1.29, 1.82) is 0 Å². The standard InChI is InChI=1S/C28H46O2/c1-18(2)9-7-10-19(3)24-14-15-25-22(11-8-16-28(24,25)6)12-13-23-17-26(29)21(5)27(30)20(23)4/h12-13,18-19,21,24-27,29-30H,4,7-11,14-17H2,1-3,5-6H3/b22-12+,23-13-/t19-,21-,24-,25+,26-,27-,28-/m1/s1. The van der Waals surface area contributed by atoms with Crippen molar-refractivity contribution >= 4 is 0 Å². The lowest BCUT2D eigenvalue weighted by Crippen LogP contribution is -2.36. The van der Waals surface area contributed by atoms with Crippen LogP contribution in [0.1, 0.15) is 92.4 Å². The van der Waals surface area contributed by atoms with Gasteiger partial charge in [-0.2, -0.15) is 0 Å². The Balaban J connectivity index is 1.72.